The predicted molar refractivity (Wildman–Crippen MR) is 65.2 cm³/mol. The molecule has 2 nitrogen and oxygen atoms in total. The fourth-order valence-electron chi connectivity index (χ4n) is 2.01. The fourth-order valence-corrected chi connectivity index (χ4v) is 2.01. The third-order valence-electron chi connectivity index (χ3n) is 2.89. The Hall–Kier alpha value is -0.930. The van der Waals surface area contributed by atoms with Crippen molar-refractivity contribution in [1.82, 2.24) is 5.43 Å². The van der Waals surface area contributed by atoms with Crippen LogP contribution in [0.3, 0.4) is 0 Å². The van der Waals surface area contributed by atoms with E-state index in [1.54, 1.807) is 12.1 Å². The molecule has 0 aliphatic carbocycles. The number of nitrogens with one attached hydrogen (secondary N) is 1. The topological polar surface area (TPSA) is 38.0 Å². The molecule has 0 aliphatic heterocycles. The second kappa shape index (κ2) is 6.61. The molecule has 0 saturated carbocycles. The molecule has 0 spiro atoms. The Kier molecular flexibility index (Phi) is 5.43. The van der Waals surface area contributed by atoms with Crippen LogP contribution in [0.25, 0.3) is 0 Å². The minimum absolute atomic E-state index is 0.113. The maximum Gasteiger partial charge on any atom is 0.123 e. The van der Waals surface area contributed by atoms with E-state index in [1.165, 1.54) is 25.0 Å². The highest BCUT2D eigenvalue weighted by atomic mass is 19.1. The molecular formula is C13H21FN2. The van der Waals surface area contributed by atoms with Crippen molar-refractivity contribution in [2.45, 2.75) is 39.2 Å². The highest BCUT2D eigenvalue weighted by Crippen LogP contribution is 2.23. The highest BCUT2D eigenvalue weighted by molar-refractivity contribution is 5.19. The summed E-state index contributed by atoms with van der Waals surface area (Å²) in [7, 11) is 0. The third-order valence-corrected chi connectivity index (χ3v) is 2.89. The van der Waals surface area contributed by atoms with Gasteiger partial charge in [0.05, 0.1) is 0 Å². The van der Waals surface area contributed by atoms with Crippen molar-refractivity contribution in [1.29, 1.82) is 0 Å². The summed E-state index contributed by atoms with van der Waals surface area (Å²) >= 11 is 0. The van der Waals surface area contributed by atoms with Crippen LogP contribution in [0.4, 0.5) is 4.39 Å². The Morgan fingerprint density at radius 2 is 1.94 bits per heavy atom. The zero-order valence-corrected chi connectivity index (χ0v) is 10.0. The van der Waals surface area contributed by atoms with E-state index < -0.39 is 0 Å². The van der Waals surface area contributed by atoms with Gasteiger partial charge in [0.15, 0.2) is 0 Å². The van der Waals surface area contributed by atoms with Crippen molar-refractivity contribution in [3.8, 4) is 0 Å². The van der Waals surface area contributed by atoms with Gasteiger partial charge in [-0.2, -0.15) is 0 Å². The highest BCUT2D eigenvalue weighted by Gasteiger charge is 2.13. The van der Waals surface area contributed by atoms with Gasteiger partial charge >= 0.3 is 0 Å². The lowest BCUT2D eigenvalue weighted by atomic mass is 9.93. The van der Waals surface area contributed by atoms with E-state index in [-0.39, 0.29) is 11.9 Å². The van der Waals surface area contributed by atoms with E-state index in [0.717, 1.165) is 12.0 Å². The van der Waals surface area contributed by atoms with Gasteiger partial charge in [0.25, 0.3) is 0 Å². The van der Waals surface area contributed by atoms with Crippen LogP contribution in [-0.4, -0.2) is 0 Å². The maximum atomic E-state index is 12.8. The van der Waals surface area contributed by atoms with Crippen molar-refractivity contribution >= 4 is 0 Å². The molecule has 16 heavy (non-hydrogen) atoms. The van der Waals surface area contributed by atoms with Crippen molar-refractivity contribution in [3.63, 3.8) is 0 Å². The molecule has 0 radical (unpaired) electrons. The lowest BCUT2D eigenvalue weighted by molar-refractivity contribution is 0.394. The van der Waals surface area contributed by atoms with Crippen molar-refractivity contribution in [2.24, 2.45) is 11.8 Å². The van der Waals surface area contributed by atoms with Gasteiger partial charge in [-0.1, -0.05) is 38.8 Å². The third kappa shape index (κ3) is 3.91. The molecule has 1 aromatic carbocycles. The Bertz CT molecular complexity index is 297. The fraction of sp³-hybridized carbons (Fsp3) is 0.538. The van der Waals surface area contributed by atoms with Crippen LogP contribution >= 0.6 is 0 Å². The summed E-state index contributed by atoms with van der Waals surface area (Å²) in [5, 5.41) is 0. The molecule has 2 atom stereocenters. The van der Waals surface area contributed by atoms with E-state index in [4.69, 9.17) is 5.84 Å². The summed E-state index contributed by atoms with van der Waals surface area (Å²) < 4.78 is 12.8. The SMILES string of the molecule is CCCC(C)CC(NN)c1ccc(F)cc1. The number of rotatable bonds is 6. The van der Waals surface area contributed by atoms with Crippen LogP contribution in [0.5, 0.6) is 0 Å². The van der Waals surface area contributed by atoms with Crippen molar-refractivity contribution in [2.75, 3.05) is 0 Å². The Morgan fingerprint density at radius 3 is 2.44 bits per heavy atom. The number of benzene rings is 1. The Labute approximate surface area is 97.0 Å². The van der Waals surface area contributed by atoms with Gasteiger partial charge in [-0.15, -0.1) is 0 Å². The van der Waals surface area contributed by atoms with Crippen molar-refractivity contribution < 1.29 is 4.39 Å². The average Bonchev–Trinajstić information content (AvgIpc) is 2.27. The van der Waals surface area contributed by atoms with Gasteiger partial charge in [-0.05, 0) is 30.0 Å². The summed E-state index contributed by atoms with van der Waals surface area (Å²) in [5.74, 6) is 5.96. The molecule has 0 aromatic heterocycles. The summed E-state index contributed by atoms with van der Waals surface area (Å²) in [4.78, 5) is 0. The van der Waals surface area contributed by atoms with E-state index in [9.17, 15) is 4.39 Å². The molecule has 0 bridgehead atoms. The summed E-state index contributed by atoms with van der Waals surface area (Å²) in [6.45, 7) is 4.40. The summed E-state index contributed by atoms with van der Waals surface area (Å²) in [6.07, 6.45) is 3.36. The van der Waals surface area contributed by atoms with E-state index in [1.807, 2.05) is 0 Å². The van der Waals surface area contributed by atoms with Crippen LogP contribution in [0.1, 0.15) is 44.7 Å². The minimum atomic E-state index is -0.207. The Balaban J connectivity index is 2.63. The summed E-state index contributed by atoms with van der Waals surface area (Å²) in [5.41, 5.74) is 3.85. The van der Waals surface area contributed by atoms with Gasteiger partial charge in [0.1, 0.15) is 5.82 Å². The smallest absolute Gasteiger partial charge is 0.123 e. The lowest BCUT2D eigenvalue weighted by Gasteiger charge is -2.20. The predicted octanol–water partition coefficient (Wildman–Crippen LogP) is 3.16. The van der Waals surface area contributed by atoms with E-state index in [0.29, 0.717) is 5.92 Å². The molecule has 2 unspecified atom stereocenters. The van der Waals surface area contributed by atoms with E-state index in [2.05, 4.69) is 19.3 Å². The molecule has 1 rings (SSSR count). The normalized spacial score (nSPS) is 14.8. The number of hydrazine groups is 1. The molecule has 1 aromatic rings. The molecule has 0 fully saturated rings. The number of halogens is 1. The Morgan fingerprint density at radius 1 is 1.31 bits per heavy atom. The molecular weight excluding hydrogens is 203 g/mol. The lowest BCUT2D eigenvalue weighted by Crippen LogP contribution is -2.29. The zero-order chi connectivity index (χ0) is 12.0. The van der Waals surface area contributed by atoms with Gasteiger partial charge in [-0.3, -0.25) is 11.3 Å². The molecule has 90 valence electrons. The number of hydrogen-bond acceptors (Lipinski definition) is 2. The first kappa shape index (κ1) is 13.1. The molecule has 0 aliphatic rings. The van der Waals surface area contributed by atoms with Crippen LogP contribution in [0.2, 0.25) is 0 Å². The quantitative estimate of drug-likeness (QED) is 0.575. The molecule has 3 heteroatoms. The first-order valence-corrected chi connectivity index (χ1v) is 5.89. The molecule has 3 N–H and O–H groups in total. The molecule has 0 heterocycles. The molecule has 0 amide bonds. The number of hydrogen-bond donors (Lipinski definition) is 2. The standard InChI is InChI=1S/C13H21FN2/c1-3-4-10(2)9-13(16-15)11-5-7-12(14)8-6-11/h5-8,10,13,16H,3-4,9,15H2,1-2H3. The van der Waals surface area contributed by atoms with Gasteiger partial charge in [-0.25, -0.2) is 4.39 Å². The first-order chi connectivity index (χ1) is 7.67. The van der Waals surface area contributed by atoms with Crippen LogP contribution in [0, 0.1) is 11.7 Å². The van der Waals surface area contributed by atoms with Gasteiger partial charge in [0, 0.05) is 6.04 Å². The van der Waals surface area contributed by atoms with Crippen LogP contribution in [0.15, 0.2) is 24.3 Å². The van der Waals surface area contributed by atoms with E-state index >= 15 is 0 Å². The second-order valence-electron chi connectivity index (χ2n) is 4.40. The summed E-state index contributed by atoms with van der Waals surface area (Å²) in [6, 6.07) is 6.65. The largest absolute Gasteiger partial charge is 0.271 e. The maximum absolute atomic E-state index is 12.8. The van der Waals surface area contributed by atoms with Crippen molar-refractivity contribution in [3.05, 3.63) is 35.6 Å². The number of nitrogens with two attached hydrogens (primary N) is 1. The minimum Gasteiger partial charge on any atom is -0.271 e. The van der Waals surface area contributed by atoms with Gasteiger partial charge < -0.3 is 0 Å². The zero-order valence-electron chi connectivity index (χ0n) is 10.0. The first-order valence-electron chi connectivity index (χ1n) is 5.89. The molecule has 0 saturated heterocycles. The van der Waals surface area contributed by atoms with Gasteiger partial charge in [0.2, 0.25) is 0 Å². The van der Waals surface area contributed by atoms with Crippen LogP contribution < -0.4 is 11.3 Å². The monoisotopic (exact) mass is 224 g/mol. The second-order valence-corrected chi connectivity index (χ2v) is 4.40. The van der Waals surface area contributed by atoms with Crippen LogP contribution in [-0.2, 0) is 0 Å². The average molecular weight is 224 g/mol.